The van der Waals surface area contributed by atoms with E-state index in [1.807, 2.05) is 13.0 Å². The van der Waals surface area contributed by atoms with Crippen LogP contribution in [-0.2, 0) is 11.2 Å². The van der Waals surface area contributed by atoms with Crippen LogP contribution in [0, 0.1) is 5.82 Å². The molecule has 3 heterocycles. The van der Waals surface area contributed by atoms with Gasteiger partial charge in [0.05, 0.1) is 11.3 Å². The quantitative estimate of drug-likeness (QED) is 0.546. The number of hydrogen-bond acceptors (Lipinski definition) is 4. The number of aromatic nitrogens is 3. The maximum Gasteiger partial charge on any atom is 0.230 e. The zero-order valence-corrected chi connectivity index (χ0v) is 15.6. The zero-order chi connectivity index (χ0) is 19.7. The average molecular weight is 378 g/mol. The Morgan fingerprint density at radius 3 is 2.68 bits per heavy atom. The number of hydrogen-bond donors (Lipinski definition) is 1. The predicted molar refractivity (Wildman–Crippen MR) is 104 cm³/mol. The molecule has 0 bridgehead atoms. The topological polar surface area (TPSA) is 72.4 Å². The molecule has 142 valence electrons. The second-order valence-corrected chi connectivity index (χ2v) is 6.36. The van der Waals surface area contributed by atoms with Crippen LogP contribution in [0.25, 0.3) is 28.1 Å². The number of benzene rings is 1. The van der Waals surface area contributed by atoms with Gasteiger partial charge in [-0.25, -0.2) is 13.9 Å². The lowest BCUT2D eigenvalue weighted by Gasteiger charge is -2.06. The van der Waals surface area contributed by atoms with Crippen LogP contribution in [0.15, 0.2) is 53.3 Å². The molecule has 0 aliphatic rings. The molecular formula is C21H19FN4O2. The Hall–Kier alpha value is -3.48. The molecule has 6 nitrogen and oxygen atoms in total. The van der Waals surface area contributed by atoms with Crippen LogP contribution < -0.4 is 5.32 Å². The normalized spacial score (nSPS) is 11.1. The number of anilines is 1. The molecule has 4 rings (SSSR count). The highest BCUT2D eigenvalue weighted by Gasteiger charge is 2.21. The van der Waals surface area contributed by atoms with Crippen LogP contribution in [-0.4, -0.2) is 20.5 Å². The standard InChI is InChI=1S/C21H19FN4O2/c1-3-16-12-28-21-19(14-9-10-23-17(11-14)24-18(27)4-2)20(25-26(16)21)13-5-7-15(22)8-6-13/h5-12H,3-4H2,1-2H3,(H,23,24,27). The van der Waals surface area contributed by atoms with E-state index in [0.29, 0.717) is 23.6 Å². The number of amides is 1. The fraction of sp³-hybridized carbons (Fsp3) is 0.190. The Morgan fingerprint density at radius 2 is 1.96 bits per heavy atom. The van der Waals surface area contributed by atoms with Crippen molar-refractivity contribution in [3.63, 3.8) is 0 Å². The third kappa shape index (κ3) is 3.15. The number of nitrogens with one attached hydrogen (secondary N) is 1. The molecule has 3 aromatic heterocycles. The minimum absolute atomic E-state index is 0.116. The van der Waals surface area contributed by atoms with Crippen molar-refractivity contribution in [1.29, 1.82) is 0 Å². The fourth-order valence-corrected chi connectivity index (χ4v) is 3.07. The van der Waals surface area contributed by atoms with Crippen molar-refractivity contribution in [2.75, 3.05) is 5.32 Å². The van der Waals surface area contributed by atoms with E-state index in [9.17, 15) is 9.18 Å². The van der Waals surface area contributed by atoms with Gasteiger partial charge in [0.15, 0.2) is 0 Å². The van der Waals surface area contributed by atoms with Crippen LogP contribution in [0.1, 0.15) is 26.0 Å². The Balaban J connectivity index is 1.91. The minimum Gasteiger partial charge on any atom is -0.444 e. The number of aryl methyl sites for hydroxylation is 1. The molecule has 28 heavy (non-hydrogen) atoms. The molecule has 0 spiro atoms. The summed E-state index contributed by atoms with van der Waals surface area (Å²) in [4.78, 5) is 15.9. The van der Waals surface area contributed by atoms with Gasteiger partial charge in [-0.3, -0.25) is 4.79 Å². The molecule has 4 aromatic rings. The molecule has 0 unspecified atom stereocenters. The van der Waals surface area contributed by atoms with Gasteiger partial charge in [0, 0.05) is 18.2 Å². The van der Waals surface area contributed by atoms with Gasteiger partial charge in [-0.05, 0) is 48.4 Å². The summed E-state index contributed by atoms with van der Waals surface area (Å²) in [6, 6.07) is 9.80. The van der Waals surface area contributed by atoms with E-state index >= 15 is 0 Å². The summed E-state index contributed by atoms with van der Waals surface area (Å²) in [7, 11) is 0. The maximum absolute atomic E-state index is 13.4. The molecule has 1 aromatic carbocycles. The van der Waals surface area contributed by atoms with Crippen molar-refractivity contribution < 1.29 is 13.6 Å². The third-order valence-electron chi connectivity index (χ3n) is 4.54. The monoisotopic (exact) mass is 378 g/mol. The summed E-state index contributed by atoms with van der Waals surface area (Å²) < 4.78 is 21.0. The Labute approximate surface area is 161 Å². The number of rotatable bonds is 5. The van der Waals surface area contributed by atoms with E-state index in [2.05, 4.69) is 10.3 Å². The fourth-order valence-electron chi connectivity index (χ4n) is 3.07. The van der Waals surface area contributed by atoms with Crippen molar-refractivity contribution in [2.24, 2.45) is 0 Å². The molecular weight excluding hydrogens is 359 g/mol. The first-order valence-corrected chi connectivity index (χ1v) is 9.12. The van der Waals surface area contributed by atoms with E-state index in [0.717, 1.165) is 28.8 Å². The highest BCUT2D eigenvalue weighted by atomic mass is 19.1. The number of oxazole rings is 1. The minimum atomic E-state index is -0.309. The van der Waals surface area contributed by atoms with Gasteiger partial charge in [-0.15, -0.1) is 0 Å². The third-order valence-corrected chi connectivity index (χ3v) is 4.54. The molecule has 1 amide bonds. The van der Waals surface area contributed by atoms with Gasteiger partial charge in [0.1, 0.15) is 23.6 Å². The number of carbonyl (C=O) groups excluding carboxylic acids is 1. The molecule has 1 N–H and O–H groups in total. The van der Waals surface area contributed by atoms with Gasteiger partial charge in [0.2, 0.25) is 11.6 Å². The molecule has 0 saturated carbocycles. The number of carbonyl (C=O) groups is 1. The lowest BCUT2D eigenvalue weighted by atomic mass is 10.0. The van der Waals surface area contributed by atoms with Gasteiger partial charge in [-0.2, -0.15) is 5.10 Å². The molecule has 0 aliphatic heterocycles. The summed E-state index contributed by atoms with van der Waals surface area (Å²) in [6.07, 6.45) is 4.43. The molecule has 0 atom stereocenters. The average Bonchev–Trinajstić information content (AvgIpc) is 3.27. The number of fused-ring (bicyclic) bond motifs is 1. The lowest BCUT2D eigenvalue weighted by Crippen LogP contribution is -2.10. The molecule has 0 aliphatic carbocycles. The van der Waals surface area contributed by atoms with Crippen molar-refractivity contribution in [3.8, 4) is 22.4 Å². The van der Waals surface area contributed by atoms with E-state index in [-0.39, 0.29) is 11.7 Å². The first-order chi connectivity index (χ1) is 13.6. The highest BCUT2D eigenvalue weighted by molar-refractivity contribution is 5.93. The SMILES string of the molecule is CCC(=O)Nc1cc(-c2c(-c3ccc(F)cc3)nn3c(CC)coc23)ccn1. The van der Waals surface area contributed by atoms with Crippen LogP contribution >= 0.6 is 0 Å². The predicted octanol–water partition coefficient (Wildman–Crippen LogP) is 4.71. The van der Waals surface area contributed by atoms with Gasteiger partial charge in [0.25, 0.3) is 0 Å². The van der Waals surface area contributed by atoms with Crippen LogP contribution in [0.2, 0.25) is 0 Å². The van der Waals surface area contributed by atoms with Crippen LogP contribution in [0.3, 0.4) is 0 Å². The summed E-state index contributed by atoms with van der Waals surface area (Å²) in [6.45, 7) is 3.80. The smallest absolute Gasteiger partial charge is 0.230 e. The number of pyridine rings is 1. The zero-order valence-electron chi connectivity index (χ0n) is 15.6. The van der Waals surface area contributed by atoms with Crippen molar-refractivity contribution >= 4 is 17.4 Å². The van der Waals surface area contributed by atoms with E-state index in [1.54, 1.807) is 42.1 Å². The summed E-state index contributed by atoms with van der Waals surface area (Å²) in [5.41, 5.74) is 4.53. The Kier molecular flexibility index (Phi) is 4.65. The second kappa shape index (κ2) is 7.26. The van der Waals surface area contributed by atoms with E-state index in [4.69, 9.17) is 9.52 Å². The second-order valence-electron chi connectivity index (χ2n) is 6.36. The Morgan fingerprint density at radius 1 is 1.18 bits per heavy atom. The van der Waals surface area contributed by atoms with E-state index < -0.39 is 0 Å². The molecule has 7 heteroatoms. The molecule has 0 radical (unpaired) electrons. The van der Waals surface area contributed by atoms with E-state index in [1.165, 1.54) is 12.1 Å². The largest absolute Gasteiger partial charge is 0.444 e. The summed E-state index contributed by atoms with van der Waals surface area (Å²) >= 11 is 0. The maximum atomic E-state index is 13.4. The highest BCUT2D eigenvalue weighted by Crippen LogP contribution is 2.36. The molecule has 0 saturated heterocycles. The summed E-state index contributed by atoms with van der Waals surface area (Å²) in [5.74, 6) is 0.0294. The van der Waals surface area contributed by atoms with Gasteiger partial charge in [-0.1, -0.05) is 13.8 Å². The first kappa shape index (κ1) is 17.9. The van der Waals surface area contributed by atoms with Crippen LogP contribution in [0.4, 0.5) is 10.2 Å². The van der Waals surface area contributed by atoms with Gasteiger partial charge >= 0.3 is 0 Å². The molecule has 0 fully saturated rings. The van der Waals surface area contributed by atoms with Crippen molar-refractivity contribution in [3.05, 3.63) is 60.4 Å². The lowest BCUT2D eigenvalue weighted by molar-refractivity contribution is -0.115. The number of nitrogens with zero attached hydrogens (tertiary/aromatic N) is 3. The number of halogens is 1. The van der Waals surface area contributed by atoms with Crippen molar-refractivity contribution in [1.82, 2.24) is 14.6 Å². The van der Waals surface area contributed by atoms with Crippen molar-refractivity contribution in [2.45, 2.75) is 26.7 Å². The first-order valence-electron chi connectivity index (χ1n) is 9.12. The van der Waals surface area contributed by atoms with Crippen LogP contribution in [0.5, 0.6) is 0 Å². The summed E-state index contributed by atoms with van der Waals surface area (Å²) in [5, 5.41) is 7.49. The Bertz CT molecular complexity index is 1150. The van der Waals surface area contributed by atoms with Gasteiger partial charge < -0.3 is 9.73 Å².